The number of carbonyl (C=O) groups is 1. The Morgan fingerprint density at radius 1 is 0.967 bits per heavy atom. The molecule has 1 N–H and O–H groups in total. The third-order valence-corrected chi connectivity index (χ3v) is 5.69. The Morgan fingerprint density at radius 2 is 1.57 bits per heavy atom. The van der Waals surface area contributed by atoms with Crippen LogP contribution in [0.15, 0.2) is 27.6 Å². The van der Waals surface area contributed by atoms with Gasteiger partial charge in [-0.05, 0) is 33.6 Å². The number of allylic oxidation sites excluding steroid dienone is 3. The zero-order valence-corrected chi connectivity index (χ0v) is 17.9. The maximum absolute atomic E-state index is 13.7. The largest absolute Gasteiger partial charge is 0.296 e. The Balaban J connectivity index is 2.00. The van der Waals surface area contributed by atoms with Crippen molar-refractivity contribution in [1.82, 2.24) is 10.2 Å². The second-order valence-corrected chi connectivity index (χ2v) is 8.70. The molecule has 0 spiro atoms. The van der Waals surface area contributed by atoms with Gasteiger partial charge in [-0.3, -0.25) is 10.1 Å². The zero-order valence-electron chi connectivity index (χ0n) is 16.3. The van der Waals surface area contributed by atoms with Crippen LogP contribution in [0.25, 0.3) is 0 Å². The highest BCUT2D eigenvalue weighted by molar-refractivity contribution is 8.01. The molecule has 1 aromatic heterocycles. The summed E-state index contributed by atoms with van der Waals surface area (Å²) in [6.07, 6.45) is 6.04. The van der Waals surface area contributed by atoms with Gasteiger partial charge in [-0.25, -0.2) is 22.0 Å². The van der Waals surface area contributed by atoms with Gasteiger partial charge in [0.25, 0.3) is 5.91 Å². The van der Waals surface area contributed by atoms with Gasteiger partial charge in [0, 0.05) is 5.75 Å². The molecule has 30 heavy (non-hydrogen) atoms. The standard InChI is InChI=1S/C19H18F5N3OS2/c1-9(2)5-4-6-10(3)7-8-29-19-27-26-18(30-19)25-17(28)11-12(20)14(22)16(24)15(23)13(11)21/h5,7H,4,6,8H2,1-3H3,(H,25,26,28)/b10-7-. The van der Waals surface area contributed by atoms with Crippen molar-refractivity contribution < 1.29 is 26.7 Å². The van der Waals surface area contributed by atoms with Crippen LogP contribution < -0.4 is 5.32 Å². The van der Waals surface area contributed by atoms with E-state index < -0.39 is 40.6 Å². The van der Waals surface area contributed by atoms with Crippen molar-refractivity contribution >= 4 is 34.1 Å². The van der Waals surface area contributed by atoms with E-state index in [2.05, 4.69) is 16.3 Å². The number of hydrogen-bond donors (Lipinski definition) is 1. The van der Waals surface area contributed by atoms with Gasteiger partial charge >= 0.3 is 0 Å². The van der Waals surface area contributed by atoms with E-state index in [9.17, 15) is 26.7 Å². The van der Waals surface area contributed by atoms with E-state index in [1.807, 2.05) is 32.2 Å². The van der Waals surface area contributed by atoms with Gasteiger partial charge in [-0.2, -0.15) is 0 Å². The number of carbonyl (C=O) groups excluding carboxylic acids is 1. The molecule has 0 fully saturated rings. The number of anilines is 1. The summed E-state index contributed by atoms with van der Waals surface area (Å²) in [6.45, 7) is 6.08. The summed E-state index contributed by atoms with van der Waals surface area (Å²) in [5.41, 5.74) is 0.876. The molecule has 0 unspecified atom stereocenters. The molecule has 2 aromatic rings. The lowest BCUT2D eigenvalue weighted by atomic mass is 10.1. The predicted octanol–water partition coefficient (Wildman–Crippen LogP) is 6.27. The average molecular weight is 463 g/mol. The smallest absolute Gasteiger partial charge is 0.263 e. The second kappa shape index (κ2) is 10.7. The number of rotatable bonds is 8. The van der Waals surface area contributed by atoms with Crippen molar-refractivity contribution in [2.75, 3.05) is 11.1 Å². The van der Waals surface area contributed by atoms with Crippen molar-refractivity contribution in [1.29, 1.82) is 0 Å². The first-order chi connectivity index (χ1) is 14.1. The summed E-state index contributed by atoms with van der Waals surface area (Å²) in [6, 6.07) is 0. The summed E-state index contributed by atoms with van der Waals surface area (Å²) in [7, 11) is 0. The molecule has 4 nitrogen and oxygen atoms in total. The molecule has 0 saturated heterocycles. The van der Waals surface area contributed by atoms with Gasteiger partial charge in [0.15, 0.2) is 27.6 Å². The van der Waals surface area contributed by atoms with Gasteiger partial charge < -0.3 is 0 Å². The Hall–Kier alpha value is -2.27. The van der Waals surface area contributed by atoms with E-state index in [0.29, 0.717) is 10.1 Å². The van der Waals surface area contributed by atoms with E-state index >= 15 is 0 Å². The van der Waals surface area contributed by atoms with Crippen LogP contribution in [0.4, 0.5) is 27.1 Å². The number of hydrogen-bond acceptors (Lipinski definition) is 5. The van der Waals surface area contributed by atoms with E-state index in [-0.39, 0.29) is 5.13 Å². The molecule has 0 aliphatic heterocycles. The van der Waals surface area contributed by atoms with Crippen LogP contribution in [0, 0.1) is 29.1 Å². The SMILES string of the molecule is CC(C)=CCC/C(C)=C\CSc1nnc(NC(=O)c2c(F)c(F)c(F)c(F)c2F)s1. The van der Waals surface area contributed by atoms with Gasteiger partial charge in [0.1, 0.15) is 5.56 Å². The molecule has 2 rings (SSSR count). The number of halogens is 5. The lowest BCUT2D eigenvalue weighted by Gasteiger charge is -2.07. The molecular formula is C19H18F5N3OS2. The van der Waals surface area contributed by atoms with Crippen LogP contribution in [0.1, 0.15) is 44.0 Å². The van der Waals surface area contributed by atoms with Gasteiger partial charge in [0.05, 0.1) is 0 Å². The third-order valence-electron chi connectivity index (χ3n) is 3.79. The maximum Gasteiger partial charge on any atom is 0.263 e. The zero-order chi connectivity index (χ0) is 22.4. The van der Waals surface area contributed by atoms with Crippen molar-refractivity contribution in [3.8, 4) is 0 Å². The van der Waals surface area contributed by atoms with Crippen molar-refractivity contribution in [2.24, 2.45) is 0 Å². The third kappa shape index (κ3) is 6.11. The lowest BCUT2D eigenvalue weighted by Crippen LogP contribution is -2.19. The van der Waals surface area contributed by atoms with Crippen LogP contribution >= 0.6 is 23.1 Å². The average Bonchev–Trinajstić information content (AvgIpc) is 3.11. The molecule has 0 atom stereocenters. The molecule has 0 aliphatic carbocycles. The molecule has 0 saturated carbocycles. The predicted molar refractivity (Wildman–Crippen MR) is 107 cm³/mol. The molecule has 0 bridgehead atoms. The van der Waals surface area contributed by atoms with Crippen molar-refractivity contribution in [3.63, 3.8) is 0 Å². The Kier molecular flexibility index (Phi) is 8.54. The Labute approximate surface area is 178 Å². The minimum absolute atomic E-state index is 0.129. The monoisotopic (exact) mass is 463 g/mol. The minimum atomic E-state index is -2.33. The van der Waals surface area contributed by atoms with E-state index in [4.69, 9.17) is 0 Å². The molecular weight excluding hydrogens is 445 g/mol. The molecule has 1 heterocycles. The normalized spacial score (nSPS) is 11.5. The highest BCUT2D eigenvalue weighted by atomic mass is 32.2. The van der Waals surface area contributed by atoms with E-state index in [1.54, 1.807) is 0 Å². The van der Waals surface area contributed by atoms with Gasteiger partial charge in [-0.15, -0.1) is 10.2 Å². The van der Waals surface area contributed by atoms with Crippen molar-refractivity contribution in [2.45, 2.75) is 38.0 Å². The number of thioether (sulfide) groups is 1. The molecule has 0 radical (unpaired) electrons. The molecule has 1 amide bonds. The molecule has 162 valence electrons. The summed E-state index contributed by atoms with van der Waals surface area (Å²) in [5, 5.41) is 9.35. The second-order valence-electron chi connectivity index (χ2n) is 6.45. The Morgan fingerprint density at radius 3 is 2.17 bits per heavy atom. The fraction of sp³-hybridized carbons (Fsp3) is 0.316. The minimum Gasteiger partial charge on any atom is -0.296 e. The quantitative estimate of drug-likeness (QED) is 0.125. The number of benzene rings is 1. The highest BCUT2D eigenvalue weighted by Crippen LogP contribution is 2.28. The number of nitrogens with one attached hydrogen (secondary N) is 1. The summed E-state index contributed by atoms with van der Waals surface area (Å²) < 4.78 is 67.5. The number of aromatic nitrogens is 2. The van der Waals surface area contributed by atoms with Crippen LogP contribution in [-0.2, 0) is 0 Å². The molecule has 0 aliphatic rings. The molecule has 11 heteroatoms. The maximum atomic E-state index is 13.7. The van der Waals surface area contributed by atoms with Crippen LogP contribution in [-0.4, -0.2) is 21.9 Å². The van der Waals surface area contributed by atoms with Gasteiger partial charge in [-0.1, -0.05) is 46.4 Å². The van der Waals surface area contributed by atoms with Crippen LogP contribution in [0.5, 0.6) is 0 Å². The summed E-state index contributed by atoms with van der Waals surface area (Å²) in [4.78, 5) is 12.0. The van der Waals surface area contributed by atoms with Crippen molar-refractivity contribution in [3.05, 3.63) is 57.9 Å². The van der Waals surface area contributed by atoms with E-state index in [0.717, 1.165) is 24.2 Å². The Bertz CT molecular complexity index is 971. The van der Waals surface area contributed by atoms with Crippen LogP contribution in [0.3, 0.4) is 0 Å². The topological polar surface area (TPSA) is 54.9 Å². The number of amides is 1. The first-order valence-electron chi connectivity index (χ1n) is 8.69. The van der Waals surface area contributed by atoms with Gasteiger partial charge in [0.2, 0.25) is 10.9 Å². The number of nitrogens with zero attached hydrogens (tertiary/aromatic N) is 2. The molecule has 1 aromatic carbocycles. The van der Waals surface area contributed by atoms with E-state index in [1.165, 1.54) is 22.9 Å². The summed E-state index contributed by atoms with van der Waals surface area (Å²) >= 11 is 2.25. The summed E-state index contributed by atoms with van der Waals surface area (Å²) in [5.74, 6) is -12.1. The van der Waals surface area contributed by atoms with Crippen LogP contribution in [0.2, 0.25) is 0 Å². The lowest BCUT2D eigenvalue weighted by molar-refractivity contribution is 0.101. The first kappa shape index (κ1) is 24.0. The fourth-order valence-corrected chi connectivity index (χ4v) is 3.99. The first-order valence-corrected chi connectivity index (χ1v) is 10.5. The highest BCUT2D eigenvalue weighted by Gasteiger charge is 2.30. The fourth-order valence-electron chi connectivity index (χ4n) is 2.23.